The number of anilines is 1. The first kappa shape index (κ1) is 15.4. The number of amides is 1. The molecule has 0 aliphatic rings. The zero-order valence-electron chi connectivity index (χ0n) is 11.0. The molecule has 0 spiro atoms. The summed E-state index contributed by atoms with van der Waals surface area (Å²) in [6.07, 6.45) is 1.11. The minimum Gasteiger partial charge on any atom is -0.487 e. The Kier molecular flexibility index (Phi) is 4.88. The fourth-order valence-electron chi connectivity index (χ4n) is 1.55. The van der Waals surface area contributed by atoms with Crippen molar-refractivity contribution in [2.75, 3.05) is 11.9 Å². The number of ether oxygens (including phenoxy) is 1. The second kappa shape index (κ2) is 6.65. The van der Waals surface area contributed by atoms with E-state index in [-0.39, 0.29) is 11.5 Å². The Bertz CT molecular complexity index is 727. The number of hydrogen-bond acceptors (Lipinski definition) is 4. The van der Waals surface area contributed by atoms with Gasteiger partial charge in [-0.05, 0) is 25.1 Å². The molecule has 0 aliphatic carbocycles. The van der Waals surface area contributed by atoms with Gasteiger partial charge in [0.05, 0.1) is 16.7 Å². The molecule has 2 rings (SSSR count). The Balaban J connectivity index is 2.18. The van der Waals surface area contributed by atoms with Crippen LogP contribution in [0.3, 0.4) is 0 Å². The standard InChI is InChI=1S/C14H11Cl2NO4/c1-2-20-13-7-21-12(6-11(13)18)14(19)17-8-3-4-9(15)10(16)5-8/h3-7H,2H2,1H3,(H,17,19). The van der Waals surface area contributed by atoms with Crippen LogP contribution in [0.15, 0.2) is 39.7 Å². The van der Waals surface area contributed by atoms with Gasteiger partial charge < -0.3 is 14.5 Å². The molecule has 1 aromatic heterocycles. The Hall–Kier alpha value is -1.98. The Morgan fingerprint density at radius 1 is 1.29 bits per heavy atom. The van der Waals surface area contributed by atoms with Gasteiger partial charge in [0.15, 0.2) is 5.76 Å². The van der Waals surface area contributed by atoms with Crippen molar-refractivity contribution in [1.82, 2.24) is 0 Å². The number of nitrogens with one attached hydrogen (secondary N) is 1. The molecule has 21 heavy (non-hydrogen) atoms. The van der Waals surface area contributed by atoms with Crippen LogP contribution in [0.5, 0.6) is 5.75 Å². The molecule has 2 aromatic rings. The summed E-state index contributed by atoms with van der Waals surface area (Å²) in [6, 6.07) is 5.69. The van der Waals surface area contributed by atoms with Crippen molar-refractivity contribution in [2.45, 2.75) is 6.92 Å². The fraction of sp³-hybridized carbons (Fsp3) is 0.143. The lowest BCUT2D eigenvalue weighted by Crippen LogP contribution is -2.15. The third-order valence-electron chi connectivity index (χ3n) is 2.50. The fourth-order valence-corrected chi connectivity index (χ4v) is 1.84. The second-order valence-electron chi connectivity index (χ2n) is 3.99. The first-order valence-electron chi connectivity index (χ1n) is 6.03. The van der Waals surface area contributed by atoms with Crippen LogP contribution in [0.4, 0.5) is 5.69 Å². The number of rotatable bonds is 4. The summed E-state index contributed by atoms with van der Waals surface area (Å²) in [5, 5.41) is 3.23. The highest BCUT2D eigenvalue weighted by Crippen LogP contribution is 2.25. The average molecular weight is 328 g/mol. The zero-order valence-corrected chi connectivity index (χ0v) is 12.5. The van der Waals surface area contributed by atoms with Gasteiger partial charge in [-0.15, -0.1) is 0 Å². The van der Waals surface area contributed by atoms with Crippen LogP contribution in [-0.4, -0.2) is 12.5 Å². The highest BCUT2D eigenvalue weighted by molar-refractivity contribution is 6.42. The molecule has 5 nitrogen and oxygen atoms in total. The largest absolute Gasteiger partial charge is 0.487 e. The van der Waals surface area contributed by atoms with Gasteiger partial charge in [-0.1, -0.05) is 23.2 Å². The van der Waals surface area contributed by atoms with E-state index in [0.717, 1.165) is 12.3 Å². The van der Waals surface area contributed by atoms with E-state index < -0.39 is 11.3 Å². The lowest BCUT2D eigenvalue weighted by Gasteiger charge is -2.06. The molecule has 1 heterocycles. The number of carbonyl (C=O) groups excluding carboxylic acids is 1. The molecule has 7 heteroatoms. The van der Waals surface area contributed by atoms with Crippen LogP contribution in [0.1, 0.15) is 17.5 Å². The number of halogens is 2. The molecule has 0 unspecified atom stereocenters. The third kappa shape index (κ3) is 3.77. The van der Waals surface area contributed by atoms with Crippen LogP contribution >= 0.6 is 23.2 Å². The van der Waals surface area contributed by atoms with Gasteiger partial charge in [0.25, 0.3) is 5.91 Å². The normalized spacial score (nSPS) is 10.2. The quantitative estimate of drug-likeness (QED) is 0.931. The van der Waals surface area contributed by atoms with E-state index in [1.165, 1.54) is 6.07 Å². The Labute approximate surface area is 130 Å². The van der Waals surface area contributed by atoms with Crippen LogP contribution < -0.4 is 15.5 Å². The first-order chi connectivity index (χ1) is 10.0. The molecule has 0 saturated heterocycles. The molecule has 0 fully saturated rings. The predicted molar refractivity (Wildman–Crippen MR) is 80.6 cm³/mol. The van der Waals surface area contributed by atoms with Crippen LogP contribution in [0.2, 0.25) is 10.0 Å². The van der Waals surface area contributed by atoms with Crippen molar-refractivity contribution in [1.29, 1.82) is 0 Å². The van der Waals surface area contributed by atoms with Crippen molar-refractivity contribution < 1.29 is 13.9 Å². The molecule has 1 aromatic carbocycles. The van der Waals surface area contributed by atoms with E-state index >= 15 is 0 Å². The molecular weight excluding hydrogens is 317 g/mol. The predicted octanol–water partition coefficient (Wildman–Crippen LogP) is 3.60. The highest BCUT2D eigenvalue weighted by Gasteiger charge is 2.12. The monoisotopic (exact) mass is 327 g/mol. The third-order valence-corrected chi connectivity index (χ3v) is 3.24. The van der Waals surface area contributed by atoms with Gasteiger partial charge >= 0.3 is 0 Å². The topological polar surface area (TPSA) is 68.5 Å². The van der Waals surface area contributed by atoms with Gasteiger partial charge in [0.2, 0.25) is 11.2 Å². The lowest BCUT2D eigenvalue weighted by atomic mass is 10.3. The maximum Gasteiger partial charge on any atom is 0.291 e. The summed E-state index contributed by atoms with van der Waals surface area (Å²) in [7, 11) is 0. The Morgan fingerprint density at radius 2 is 2.05 bits per heavy atom. The number of hydrogen-bond donors (Lipinski definition) is 1. The molecule has 1 N–H and O–H groups in total. The zero-order chi connectivity index (χ0) is 15.4. The Morgan fingerprint density at radius 3 is 2.67 bits per heavy atom. The van der Waals surface area contributed by atoms with Gasteiger partial charge in [-0.2, -0.15) is 0 Å². The van der Waals surface area contributed by atoms with E-state index in [2.05, 4.69) is 5.32 Å². The van der Waals surface area contributed by atoms with E-state index in [1.54, 1.807) is 19.1 Å². The minimum atomic E-state index is -0.575. The van der Waals surface area contributed by atoms with Crippen LogP contribution in [-0.2, 0) is 0 Å². The molecule has 0 bridgehead atoms. The van der Waals surface area contributed by atoms with Crippen molar-refractivity contribution in [3.63, 3.8) is 0 Å². The summed E-state index contributed by atoms with van der Waals surface area (Å²) in [5.41, 5.74) is 0.00771. The second-order valence-corrected chi connectivity index (χ2v) is 4.80. The number of carbonyl (C=O) groups is 1. The molecule has 0 radical (unpaired) electrons. The van der Waals surface area contributed by atoms with Crippen LogP contribution in [0.25, 0.3) is 0 Å². The number of benzene rings is 1. The van der Waals surface area contributed by atoms with Gasteiger partial charge in [0, 0.05) is 11.8 Å². The summed E-state index contributed by atoms with van der Waals surface area (Å²) < 4.78 is 10.1. The van der Waals surface area contributed by atoms with Crippen molar-refractivity contribution in [3.8, 4) is 5.75 Å². The van der Waals surface area contributed by atoms with Gasteiger partial charge in [-0.25, -0.2) is 0 Å². The van der Waals surface area contributed by atoms with Gasteiger partial charge in [-0.3, -0.25) is 9.59 Å². The van der Waals surface area contributed by atoms with Gasteiger partial charge in [0.1, 0.15) is 6.26 Å². The average Bonchev–Trinajstić information content (AvgIpc) is 2.45. The summed E-state index contributed by atoms with van der Waals surface area (Å²) >= 11 is 11.6. The van der Waals surface area contributed by atoms with E-state index in [1.807, 2.05) is 0 Å². The molecule has 0 atom stereocenters. The van der Waals surface area contributed by atoms with E-state index in [9.17, 15) is 9.59 Å². The smallest absolute Gasteiger partial charge is 0.291 e. The molecule has 1 amide bonds. The minimum absolute atomic E-state index is 0.0589. The van der Waals surface area contributed by atoms with Crippen molar-refractivity contribution in [3.05, 3.63) is 56.6 Å². The van der Waals surface area contributed by atoms with Crippen molar-refractivity contribution >= 4 is 34.8 Å². The SMILES string of the molecule is CCOc1coc(C(=O)Nc2ccc(Cl)c(Cl)c2)cc1=O. The summed E-state index contributed by atoms with van der Waals surface area (Å²) in [6.45, 7) is 2.07. The molecule has 110 valence electrons. The molecule has 0 aliphatic heterocycles. The summed E-state index contributed by atoms with van der Waals surface area (Å²) in [5.74, 6) is -0.647. The lowest BCUT2D eigenvalue weighted by molar-refractivity contribution is 0.0993. The maximum absolute atomic E-state index is 12.0. The van der Waals surface area contributed by atoms with E-state index in [0.29, 0.717) is 22.3 Å². The highest BCUT2D eigenvalue weighted by atomic mass is 35.5. The molecule has 0 saturated carbocycles. The van der Waals surface area contributed by atoms with Crippen LogP contribution in [0, 0.1) is 0 Å². The molecular formula is C14H11Cl2NO4. The van der Waals surface area contributed by atoms with Crippen molar-refractivity contribution in [2.24, 2.45) is 0 Å². The summed E-state index contributed by atoms with van der Waals surface area (Å²) in [4.78, 5) is 23.7. The van der Waals surface area contributed by atoms with E-state index in [4.69, 9.17) is 32.4 Å². The maximum atomic E-state index is 12.0. The first-order valence-corrected chi connectivity index (χ1v) is 6.79.